The molecule has 2 aromatic heterocycles. The Morgan fingerprint density at radius 3 is 2.31 bits per heavy atom. The van der Waals surface area contributed by atoms with Gasteiger partial charge in [0.25, 0.3) is 5.91 Å². The van der Waals surface area contributed by atoms with Gasteiger partial charge in [0.2, 0.25) is 0 Å². The Morgan fingerprint density at radius 2 is 1.60 bits per heavy atom. The number of nitrogens with zero attached hydrogens (tertiary/aromatic N) is 4. The van der Waals surface area contributed by atoms with Crippen molar-refractivity contribution >= 4 is 28.6 Å². The molecule has 8 nitrogen and oxygen atoms in total. The van der Waals surface area contributed by atoms with Gasteiger partial charge in [0.1, 0.15) is 5.69 Å². The molecular formula is C34H28F3N5O3. The van der Waals surface area contributed by atoms with Gasteiger partial charge in [0.05, 0.1) is 35.3 Å². The van der Waals surface area contributed by atoms with Gasteiger partial charge in [-0.15, -0.1) is 0 Å². The number of para-hydroxylation sites is 2. The average Bonchev–Trinajstić information content (AvgIpc) is 3.06. The van der Waals surface area contributed by atoms with Gasteiger partial charge in [0.15, 0.2) is 0 Å². The summed E-state index contributed by atoms with van der Waals surface area (Å²) in [5.41, 5.74) is 5.99. The molecule has 0 radical (unpaired) electrons. The number of carbonyl (C=O) groups is 2. The molecule has 0 saturated carbocycles. The van der Waals surface area contributed by atoms with Crippen molar-refractivity contribution in [3.63, 3.8) is 0 Å². The number of ether oxygens (including phenoxy) is 1. The number of hydrazine groups is 1. The number of hydrogen-bond donors (Lipinski definition) is 1. The molecule has 0 atom stereocenters. The van der Waals surface area contributed by atoms with Crippen molar-refractivity contribution in [2.24, 2.45) is 0 Å². The first kappa shape index (κ1) is 29.8. The number of rotatable bonds is 5. The summed E-state index contributed by atoms with van der Waals surface area (Å²) in [6.07, 6.45) is -4.86. The number of hydrogen-bond acceptors (Lipinski definition) is 6. The zero-order valence-corrected chi connectivity index (χ0v) is 24.2. The van der Waals surface area contributed by atoms with E-state index in [4.69, 9.17) is 9.72 Å². The number of amides is 2. The van der Waals surface area contributed by atoms with Gasteiger partial charge < -0.3 is 4.74 Å². The minimum absolute atomic E-state index is 0.152. The van der Waals surface area contributed by atoms with Crippen molar-refractivity contribution in [1.29, 1.82) is 0 Å². The maximum absolute atomic E-state index is 14.3. The topological polar surface area (TPSA) is 87.7 Å². The molecule has 5 aromatic rings. The minimum atomic E-state index is -4.56. The Balaban J connectivity index is 1.47. The van der Waals surface area contributed by atoms with E-state index in [9.17, 15) is 22.8 Å². The van der Waals surface area contributed by atoms with Crippen LogP contribution in [0.2, 0.25) is 0 Å². The van der Waals surface area contributed by atoms with E-state index in [1.807, 2.05) is 41.3 Å². The van der Waals surface area contributed by atoms with Crippen molar-refractivity contribution in [2.75, 3.05) is 18.7 Å². The van der Waals surface area contributed by atoms with Gasteiger partial charge in [-0.1, -0.05) is 72.8 Å². The molecule has 0 bridgehead atoms. The fraction of sp³-hybridized carbons (Fsp3) is 0.176. The first-order valence-electron chi connectivity index (χ1n) is 14.2. The van der Waals surface area contributed by atoms with Gasteiger partial charge in [-0.3, -0.25) is 15.1 Å². The number of alkyl halides is 3. The monoisotopic (exact) mass is 611 g/mol. The predicted octanol–water partition coefficient (Wildman–Crippen LogP) is 6.79. The molecular weight excluding hydrogens is 583 g/mol. The van der Waals surface area contributed by atoms with Crippen LogP contribution in [0.25, 0.3) is 22.2 Å². The van der Waals surface area contributed by atoms with Crippen molar-refractivity contribution in [1.82, 2.24) is 20.3 Å². The molecule has 0 fully saturated rings. The Kier molecular flexibility index (Phi) is 8.18. The van der Waals surface area contributed by atoms with Crippen LogP contribution in [0.4, 0.5) is 23.7 Å². The van der Waals surface area contributed by atoms with Gasteiger partial charge in [0, 0.05) is 36.1 Å². The number of benzene rings is 3. The molecule has 3 heterocycles. The summed E-state index contributed by atoms with van der Waals surface area (Å²) in [5, 5.41) is 1.58. The lowest BCUT2D eigenvalue weighted by Gasteiger charge is -2.30. The van der Waals surface area contributed by atoms with Gasteiger partial charge >= 0.3 is 12.3 Å². The van der Waals surface area contributed by atoms with Crippen molar-refractivity contribution in [3.05, 3.63) is 125 Å². The standard InChI is InChI=1S/C34H28F3N5O3/c1-45-33(44)42(24-12-6-3-7-13-24)40-32(43)30-25-14-8-9-15-27(25)39-31(23-10-4-2-5-11-23)26(30)20-41-19-18-22-16-17-29(34(35,36)37)38-28(22)21-41/h2-17H,18-21H2,1H3,(H,40,43). The Bertz CT molecular complexity index is 1870. The van der Waals surface area contributed by atoms with E-state index in [1.165, 1.54) is 13.2 Å². The Morgan fingerprint density at radius 1 is 0.911 bits per heavy atom. The number of methoxy groups -OCH3 is 1. The summed E-state index contributed by atoms with van der Waals surface area (Å²) >= 11 is 0. The van der Waals surface area contributed by atoms with Gasteiger partial charge in [-0.2, -0.15) is 18.2 Å². The highest BCUT2D eigenvalue weighted by atomic mass is 19.4. The summed E-state index contributed by atoms with van der Waals surface area (Å²) < 4.78 is 45.4. The highest BCUT2D eigenvalue weighted by Crippen LogP contribution is 2.34. The normalized spacial score (nSPS) is 13.2. The third-order valence-electron chi connectivity index (χ3n) is 7.66. The number of fused-ring (bicyclic) bond motifs is 2. The average molecular weight is 612 g/mol. The quantitative estimate of drug-likeness (QED) is 0.220. The van der Waals surface area contributed by atoms with Gasteiger partial charge in [-0.25, -0.2) is 14.8 Å². The van der Waals surface area contributed by atoms with Crippen molar-refractivity contribution in [2.45, 2.75) is 25.7 Å². The van der Waals surface area contributed by atoms with E-state index in [0.717, 1.165) is 22.2 Å². The van der Waals surface area contributed by atoms with Crippen LogP contribution in [0, 0.1) is 0 Å². The van der Waals surface area contributed by atoms with Crippen molar-refractivity contribution in [3.8, 4) is 11.3 Å². The second-order valence-electron chi connectivity index (χ2n) is 10.5. The highest BCUT2D eigenvalue weighted by Gasteiger charge is 2.34. The fourth-order valence-corrected chi connectivity index (χ4v) is 5.52. The van der Waals surface area contributed by atoms with E-state index in [2.05, 4.69) is 10.4 Å². The molecule has 1 aliphatic heterocycles. The summed E-state index contributed by atoms with van der Waals surface area (Å²) in [5.74, 6) is -0.579. The molecule has 0 spiro atoms. The molecule has 11 heteroatoms. The number of carbonyl (C=O) groups excluding carboxylic acids is 2. The van der Waals surface area contributed by atoms with E-state index in [0.29, 0.717) is 46.5 Å². The zero-order chi connectivity index (χ0) is 31.6. The number of aromatic nitrogens is 2. The number of halogens is 3. The zero-order valence-electron chi connectivity index (χ0n) is 24.2. The second kappa shape index (κ2) is 12.4. The first-order chi connectivity index (χ1) is 21.7. The molecule has 0 aliphatic carbocycles. The molecule has 1 aliphatic rings. The molecule has 0 unspecified atom stereocenters. The molecule has 45 heavy (non-hydrogen) atoms. The van der Waals surface area contributed by atoms with Crippen LogP contribution in [0.15, 0.2) is 97.1 Å². The third kappa shape index (κ3) is 6.20. The fourth-order valence-electron chi connectivity index (χ4n) is 5.52. The van der Waals surface area contributed by atoms with Gasteiger partial charge in [-0.05, 0) is 36.2 Å². The van der Waals surface area contributed by atoms with E-state index < -0.39 is 23.9 Å². The van der Waals surface area contributed by atoms with Crippen LogP contribution in [0.5, 0.6) is 0 Å². The summed E-state index contributed by atoms with van der Waals surface area (Å²) in [6, 6.07) is 27.6. The van der Waals surface area contributed by atoms with E-state index in [-0.39, 0.29) is 18.7 Å². The molecule has 2 amide bonds. The largest absolute Gasteiger partial charge is 0.451 e. The van der Waals surface area contributed by atoms with Crippen LogP contribution >= 0.6 is 0 Å². The molecule has 6 rings (SSSR count). The molecule has 0 saturated heterocycles. The first-order valence-corrected chi connectivity index (χ1v) is 14.2. The number of pyridine rings is 2. The maximum Gasteiger partial charge on any atom is 0.433 e. The van der Waals surface area contributed by atoms with Crippen LogP contribution in [-0.2, 0) is 30.4 Å². The van der Waals surface area contributed by atoms with E-state index in [1.54, 1.807) is 48.5 Å². The third-order valence-corrected chi connectivity index (χ3v) is 7.66. The van der Waals surface area contributed by atoms with Crippen molar-refractivity contribution < 1.29 is 27.5 Å². The SMILES string of the molecule is COC(=O)N(NC(=O)c1c(CN2CCc3ccc(C(F)(F)F)nc3C2)c(-c2ccccc2)nc2ccccc12)c1ccccc1. The number of nitrogens with one attached hydrogen (secondary N) is 1. The van der Waals surface area contributed by atoms with Crippen LogP contribution < -0.4 is 10.4 Å². The summed E-state index contributed by atoms with van der Waals surface area (Å²) in [6.45, 7) is 0.867. The second-order valence-corrected chi connectivity index (χ2v) is 10.5. The summed E-state index contributed by atoms with van der Waals surface area (Å²) in [7, 11) is 1.22. The predicted molar refractivity (Wildman–Crippen MR) is 163 cm³/mol. The lowest BCUT2D eigenvalue weighted by Crippen LogP contribution is -2.47. The lowest BCUT2D eigenvalue weighted by atomic mass is 9.94. The lowest BCUT2D eigenvalue weighted by molar-refractivity contribution is -0.141. The van der Waals surface area contributed by atoms with Crippen LogP contribution in [0.1, 0.15) is 32.9 Å². The Labute approximate surface area is 257 Å². The molecule has 3 aromatic carbocycles. The highest BCUT2D eigenvalue weighted by molar-refractivity contribution is 6.10. The van der Waals surface area contributed by atoms with Crippen LogP contribution in [0.3, 0.4) is 0 Å². The summed E-state index contributed by atoms with van der Waals surface area (Å²) in [4.78, 5) is 38.0. The Hall–Kier alpha value is -5.29. The van der Waals surface area contributed by atoms with Crippen LogP contribution in [-0.4, -0.2) is 40.5 Å². The maximum atomic E-state index is 14.3. The number of anilines is 1. The van der Waals surface area contributed by atoms with E-state index >= 15 is 0 Å². The molecule has 1 N–H and O–H groups in total. The smallest absolute Gasteiger partial charge is 0.433 e. The molecule has 228 valence electrons. The minimum Gasteiger partial charge on any atom is -0.451 e.